The quantitative estimate of drug-likeness (QED) is 0.0117. The molecular formula is C86H101Br2ClF2N8O22. The van der Waals surface area contributed by atoms with Crippen molar-refractivity contribution in [3.05, 3.63) is 197 Å². The number of nitrogens with one attached hydrogen (secondary N) is 3. The molecule has 652 valence electrons. The number of methoxy groups -OCH3 is 4. The third kappa shape index (κ3) is 25.5. The molecule has 0 saturated carbocycles. The Balaban J connectivity index is 0.000000193. The molecule has 0 radical (unpaired) electrons. The Labute approximate surface area is 721 Å². The van der Waals surface area contributed by atoms with Crippen molar-refractivity contribution in [3.63, 3.8) is 0 Å². The lowest BCUT2D eigenvalue weighted by Crippen LogP contribution is -2.63. The standard InChI is InChI=1S/C29H32O13.C26H27BrFN3O4.C23H24FN3O3.C4H8O.C3H4BrClO.CH6N2/c1-11-36-9-20-27(40-11)24(31)25(32)29(41-20)42-26-14-7-17-16(38-10-39-17)6-13(14)21(22-15(26)8-37-28(22)33)12-4-18(34-2)23(30)19(5-12)35-3;1-17(27)26(33)30-16-29-23-11-10-22(34-3)13-19(23)15-31(18(2)32)24-14-20(28)9-12-25(24)35-21-7-5-4-6-8-21;1-16(28)27(14-17-12-20(29-2)9-10-21(17)26-15-25)22-13-18(24)8-11-23(22)30-19-6-4-3-5-7-19;1-2-4-5-3-1;1-2(4)3(5)6;2-1-3/h4-7,11,15,20-22,24-27,29-32H,8-10H2,1-3H3;4-14,17,29H,15-16H2,1-3H3,(H,30,33);3-13,26H,14-15,25H2,1-2H3;1-4H2;2H,1H3;1-3H2/t11?,15-,20?,21+,22-,24?,25?,26+,27?,29?;;;;;/m0...../s1. The highest BCUT2D eigenvalue weighted by Gasteiger charge is 2.56. The van der Waals surface area contributed by atoms with E-state index in [9.17, 15) is 48.1 Å². The lowest BCUT2D eigenvalue weighted by Gasteiger charge is -2.47. The van der Waals surface area contributed by atoms with Crippen LogP contribution in [0.1, 0.15) is 87.3 Å². The monoisotopic (exact) mass is 1830 g/mol. The van der Waals surface area contributed by atoms with E-state index in [1.165, 1.54) is 87.1 Å². The van der Waals surface area contributed by atoms with Crippen LogP contribution >= 0.6 is 43.5 Å². The highest BCUT2D eigenvalue weighted by Crippen LogP contribution is 2.57. The maximum Gasteiger partial charge on any atom is 0.310 e. The Hall–Kier alpha value is -10.2. The van der Waals surface area contributed by atoms with Crippen molar-refractivity contribution in [2.24, 2.45) is 29.0 Å². The molecule has 14 rings (SSSR count). The average Bonchev–Trinajstić information content (AvgIpc) is 1.58. The number of nitrogens with two attached hydrogens (primary N) is 3. The maximum atomic E-state index is 14.3. The minimum absolute atomic E-state index is 0.0301. The summed E-state index contributed by atoms with van der Waals surface area (Å²) >= 11 is 11.1. The first kappa shape index (κ1) is 94.7. The number of halogens is 5. The number of amides is 3. The lowest BCUT2D eigenvalue weighted by molar-refractivity contribution is -0.364. The normalized spacial score (nSPS) is 20.3. The van der Waals surface area contributed by atoms with Crippen molar-refractivity contribution in [2.75, 3.05) is 102 Å². The van der Waals surface area contributed by atoms with Gasteiger partial charge in [-0.15, -0.1) is 0 Å². The number of anilines is 4. The van der Waals surface area contributed by atoms with Gasteiger partial charge in [0.25, 0.3) is 0 Å². The van der Waals surface area contributed by atoms with Crippen LogP contribution in [0.25, 0.3) is 0 Å². The van der Waals surface area contributed by atoms with Gasteiger partial charge in [0.1, 0.15) is 59.0 Å². The van der Waals surface area contributed by atoms with Gasteiger partial charge in [0.05, 0.1) is 101 Å². The summed E-state index contributed by atoms with van der Waals surface area (Å²) in [6.45, 7) is 11.1. The van der Waals surface area contributed by atoms with Crippen molar-refractivity contribution in [1.29, 1.82) is 0 Å². The second kappa shape index (κ2) is 46.2. The molecule has 8 aromatic carbocycles. The van der Waals surface area contributed by atoms with E-state index in [4.69, 9.17) is 83.7 Å². The van der Waals surface area contributed by atoms with Crippen molar-refractivity contribution in [3.8, 4) is 63.2 Å². The van der Waals surface area contributed by atoms with Crippen LogP contribution < -0.4 is 80.8 Å². The van der Waals surface area contributed by atoms with Gasteiger partial charge in [-0.05, 0) is 182 Å². The molecule has 5 heterocycles. The van der Waals surface area contributed by atoms with Crippen molar-refractivity contribution >= 4 is 95.1 Å². The summed E-state index contributed by atoms with van der Waals surface area (Å²) in [6.07, 6.45) is -4.24. The SMILES string of the molecule is C1CCOC1.CC(Br)C(=O)Cl.COc1cc([C@@H]2c3cc4c(cc3[C@@H](OC3OC5COC(C)OC5C(O)C3O)[C@H]3COC(=O)[C@H]23)OCO4)cc(OC)c1O.COc1ccc(NCN)c(CN(C(C)=O)c2cc(F)ccc2Oc2ccccc2)c1.COc1ccc(NCNC(=O)C(C)Br)c(CN(C(C)=O)c2cc(F)ccc2Oc2ccccc2)c1.NCN. The lowest BCUT2D eigenvalue weighted by atomic mass is 9.66. The van der Waals surface area contributed by atoms with Crippen LogP contribution in [-0.2, 0) is 65.5 Å². The highest BCUT2D eigenvalue weighted by molar-refractivity contribution is 9.10. The number of aliphatic hydroxyl groups is 2. The van der Waals surface area contributed by atoms with Crippen LogP contribution in [0.15, 0.2) is 158 Å². The fraction of sp³-hybridized carbons (Fsp3) is 0.384. The number of rotatable bonds is 24. The molecule has 30 nitrogen and oxygen atoms in total. The summed E-state index contributed by atoms with van der Waals surface area (Å²) < 4.78 is 107. The average molecular weight is 1830 g/mol. The molecule has 35 heteroatoms. The number of hydrogen-bond acceptors (Lipinski definition) is 27. The molecule has 5 aliphatic heterocycles. The number of fused-ring (bicyclic) bond motifs is 4. The first-order chi connectivity index (χ1) is 58.1. The minimum atomic E-state index is -1.44. The van der Waals surface area contributed by atoms with E-state index < -0.39 is 78.5 Å². The van der Waals surface area contributed by atoms with Gasteiger partial charge >= 0.3 is 5.97 Å². The summed E-state index contributed by atoms with van der Waals surface area (Å²) in [4.78, 5) is 62.8. The van der Waals surface area contributed by atoms with Gasteiger partial charge < -0.3 is 125 Å². The van der Waals surface area contributed by atoms with E-state index in [0.717, 1.165) is 24.5 Å². The molecule has 121 heavy (non-hydrogen) atoms. The topological polar surface area (TPSA) is 396 Å². The number of phenols is 1. The van der Waals surface area contributed by atoms with E-state index in [1.807, 2.05) is 48.5 Å². The summed E-state index contributed by atoms with van der Waals surface area (Å²) in [7, 11) is 5.97. The summed E-state index contributed by atoms with van der Waals surface area (Å²) in [5, 5.41) is 41.2. The molecule has 0 spiro atoms. The Morgan fingerprint density at radius 2 is 1.12 bits per heavy atom. The fourth-order valence-electron chi connectivity index (χ4n) is 13.6. The number of para-hydroxylation sites is 2. The first-order valence-electron chi connectivity index (χ1n) is 38.5. The van der Waals surface area contributed by atoms with Gasteiger partial charge in [-0.1, -0.05) is 68.3 Å². The van der Waals surface area contributed by atoms with Crippen molar-refractivity contribution in [2.45, 2.75) is 119 Å². The van der Waals surface area contributed by atoms with Gasteiger partial charge in [0, 0.05) is 69.1 Å². The number of alkyl halides is 2. The highest BCUT2D eigenvalue weighted by atomic mass is 79.9. The van der Waals surface area contributed by atoms with E-state index in [1.54, 1.807) is 108 Å². The molecule has 4 saturated heterocycles. The molecule has 0 bridgehead atoms. The van der Waals surface area contributed by atoms with E-state index in [0.29, 0.717) is 79.6 Å². The number of phenolic OH excluding ortho intramolecular Hbond substituents is 1. The number of carbonyl (C=O) groups is 5. The smallest absolute Gasteiger partial charge is 0.310 e. The van der Waals surface area contributed by atoms with Crippen molar-refractivity contribution < 1.29 is 114 Å². The Morgan fingerprint density at radius 3 is 1.58 bits per heavy atom. The van der Waals surface area contributed by atoms with Gasteiger partial charge in [-0.3, -0.25) is 24.0 Å². The molecular weight excluding hydrogens is 1730 g/mol. The largest absolute Gasteiger partial charge is 0.502 e. The molecule has 12 N–H and O–H groups in total. The summed E-state index contributed by atoms with van der Waals surface area (Å²) in [5.41, 5.74) is 20.4. The molecule has 1 aliphatic carbocycles. The van der Waals surface area contributed by atoms with Gasteiger partial charge in [-0.25, -0.2) is 8.78 Å². The number of cyclic esters (lactones) is 1. The van der Waals surface area contributed by atoms with Gasteiger partial charge in [-0.2, -0.15) is 0 Å². The van der Waals surface area contributed by atoms with E-state index >= 15 is 0 Å². The van der Waals surface area contributed by atoms with Crippen LogP contribution in [-0.4, -0.2) is 173 Å². The number of esters is 1. The van der Waals surface area contributed by atoms with Crippen molar-refractivity contribution in [1.82, 2.24) is 5.32 Å². The molecule has 0 aromatic heterocycles. The Bertz CT molecular complexity index is 4730. The number of benzene rings is 8. The summed E-state index contributed by atoms with van der Waals surface area (Å²) in [6, 6.07) is 44.0. The second-order valence-electron chi connectivity index (χ2n) is 27.7. The first-order valence-corrected chi connectivity index (χ1v) is 40.7. The number of aliphatic hydroxyl groups excluding tert-OH is 2. The molecule has 8 aromatic rings. The van der Waals surface area contributed by atoms with Gasteiger partial charge in [0.2, 0.25) is 35.5 Å². The number of hydrogen-bond donors (Lipinski definition) is 9. The van der Waals surface area contributed by atoms with Crippen LogP contribution in [0, 0.1) is 23.5 Å². The number of ether oxygens (including phenoxy) is 14. The zero-order valence-corrected chi connectivity index (χ0v) is 72.0. The van der Waals surface area contributed by atoms with Crippen LogP contribution in [0.4, 0.5) is 31.5 Å². The number of carbonyl (C=O) groups excluding carboxylic acids is 5. The fourth-order valence-corrected chi connectivity index (χ4v) is 13.8. The van der Waals surface area contributed by atoms with Crippen LogP contribution in [0.3, 0.4) is 0 Å². The van der Waals surface area contributed by atoms with E-state index in [2.05, 4.69) is 59.3 Å². The summed E-state index contributed by atoms with van der Waals surface area (Å²) in [5.74, 6) is 0.350. The molecule has 8 unspecified atom stereocenters. The molecule has 4 fully saturated rings. The molecule has 3 amide bonds. The zero-order valence-electron chi connectivity index (χ0n) is 68.0. The zero-order chi connectivity index (χ0) is 87.6. The Kier molecular flexibility index (Phi) is 36.1. The second-order valence-corrected chi connectivity index (χ2v) is 30.8. The minimum Gasteiger partial charge on any atom is -0.502 e. The molecule has 12 atom stereocenters. The van der Waals surface area contributed by atoms with Crippen LogP contribution in [0.5, 0.6) is 63.2 Å². The number of aromatic hydroxyl groups is 1. The predicted octanol–water partition coefficient (Wildman–Crippen LogP) is 12.5. The maximum absolute atomic E-state index is 14.3. The van der Waals surface area contributed by atoms with Crippen LogP contribution in [0.2, 0.25) is 0 Å². The Morgan fingerprint density at radius 1 is 0.620 bits per heavy atom. The van der Waals surface area contributed by atoms with Gasteiger partial charge in [0.15, 0.2) is 47.1 Å². The third-order valence-electron chi connectivity index (χ3n) is 19.5. The van der Waals surface area contributed by atoms with E-state index in [-0.39, 0.29) is 109 Å². The predicted molar refractivity (Wildman–Crippen MR) is 454 cm³/mol. The third-order valence-corrected chi connectivity index (χ3v) is 20.9. The number of nitrogens with zero attached hydrogens (tertiary/aromatic N) is 2. The molecule has 6 aliphatic rings.